The van der Waals surface area contributed by atoms with E-state index in [-0.39, 0.29) is 0 Å². The van der Waals surface area contributed by atoms with Gasteiger partial charge in [-0.2, -0.15) is 0 Å². The van der Waals surface area contributed by atoms with Gasteiger partial charge in [-0.1, -0.05) is 22.6 Å². The summed E-state index contributed by atoms with van der Waals surface area (Å²) in [5.41, 5.74) is 1.39. The SMILES string of the molecule is CN(C)/N=N/c1ccccc1/N=N/N(C)C. The molecule has 0 heterocycles. The molecular formula is C10H16N6. The second kappa shape index (κ2) is 5.79. The van der Waals surface area contributed by atoms with Crippen molar-refractivity contribution in [3.8, 4) is 0 Å². The first-order valence-electron chi connectivity index (χ1n) is 4.86. The van der Waals surface area contributed by atoms with E-state index in [0.717, 1.165) is 0 Å². The molecule has 0 N–H and O–H groups in total. The van der Waals surface area contributed by atoms with Gasteiger partial charge in [0.25, 0.3) is 0 Å². The van der Waals surface area contributed by atoms with E-state index in [1.807, 2.05) is 52.5 Å². The lowest BCUT2D eigenvalue weighted by Crippen LogP contribution is -1.99. The molecule has 1 aromatic rings. The van der Waals surface area contributed by atoms with Gasteiger partial charge in [-0.3, -0.25) is 10.0 Å². The molecule has 1 aromatic carbocycles. The average Bonchev–Trinajstić information content (AvgIpc) is 2.24. The van der Waals surface area contributed by atoms with Gasteiger partial charge in [0.2, 0.25) is 0 Å². The summed E-state index contributed by atoms with van der Waals surface area (Å²) in [6, 6.07) is 7.46. The normalized spacial score (nSPS) is 11.2. The molecule has 0 saturated carbocycles. The molecule has 86 valence electrons. The minimum absolute atomic E-state index is 0.696. The van der Waals surface area contributed by atoms with Crippen LogP contribution in [0.1, 0.15) is 0 Å². The van der Waals surface area contributed by atoms with Crippen molar-refractivity contribution in [1.82, 2.24) is 10.0 Å². The van der Waals surface area contributed by atoms with Crippen LogP contribution >= 0.6 is 0 Å². The molecule has 0 aliphatic heterocycles. The Bertz CT molecular complexity index is 346. The molecule has 0 atom stereocenters. The highest BCUT2D eigenvalue weighted by atomic mass is 15.5. The van der Waals surface area contributed by atoms with E-state index < -0.39 is 0 Å². The Kier molecular flexibility index (Phi) is 4.38. The van der Waals surface area contributed by atoms with E-state index in [1.54, 1.807) is 10.0 Å². The predicted molar refractivity (Wildman–Crippen MR) is 62.8 cm³/mol. The Morgan fingerprint density at radius 1 is 0.750 bits per heavy atom. The van der Waals surface area contributed by atoms with Crippen LogP contribution in [-0.4, -0.2) is 38.2 Å². The Morgan fingerprint density at radius 3 is 1.44 bits per heavy atom. The van der Waals surface area contributed by atoms with Gasteiger partial charge in [-0.15, -0.1) is 10.2 Å². The van der Waals surface area contributed by atoms with E-state index in [9.17, 15) is 0 Å². The molecule has 6 nitrogen and oxygen atoms in total. The van der Waals surface area contributed by atoms with Crippen molar-refractivity contribution < 1.29 is 0 Å². The zero-order valence-electron chi connectivity index (χ0n) is 9.99. The van der Waals surface area contributed by atoms with Gasteiger partial charge >= 0.3 is 0 Å². The number of hydrogen-bond acceptors (Lipinski definition) is 4. The summed E-state index contributed by atoms with van der Waals surface area (Å²) in [6.07, 6.45) is 0. The first-order chi connectivity index (χ1) is 7.59. The highest BCUT2D eigenvalue weighted by Gasteiger charge is 1.98. The van der Waals surface area contributed by atoms with Crippen LogP contribution < -0.4 is 0 Å². The van der Waals surface area contributed by atoms with Crippen LogP contribution in [-0.2, 0) is 0 Å². The number of nitrogens with zero attached hydrogens (tertiary/aromatic N) is 6. The van der Waals surface area contributed by atoms with Gasteiger partial charge in [-0.05, 0) is 12.1 Å². The van der Waals surface area contributed by atoms with Gasteiger partial charge in [0.05, 0.1) is 0 Å². The minimum atomic E-state index is 0.696. The van der Waals surface area contributed by atoms with E-state index in [4.69, 9.17) is 0 Å². The first-order valence-corrected chi connectivity index (χ1v) is 4.86. The fourth-order valence-electron chi connectivity index (χ4n) is 0.909. The zero-order chi connectivity index (χ0) is 12.0. The van der Waals surface area contributed by atoms with Crippen LogP contribution in [0.5, 0.6) is 0 Å². The zero-order valence-corrected chi connectivity index (χ0v) is 9.99. The maximum Gasteiger partial charge on any atom is 0.115 e. The summed E-state index contributed by atoms with van der Waals surface area (Å²) in [4.78, 5) is 0. The fraction of sp³-hybridized carbons (Fsp3) is 0.400. The van der Waals surface area contributed by atoms with Crippen LogP contribution in [0.15, 0.2) is 44.9 Å². The van der Waals surface area contributed by atoms with E-state index in [1.165, 1.54) is 0 Å². The average molecular weight is 220 g/mol. The lowest BCUT2D eigenvalue weighted by molar-refractivity contribution is 0.406. The van der Waals surface area contributed by atoms with Crippen molar-refractivity contribution in [2.45, 2.75) is 0 Å². The molecular weight excluding hydrogens is 204 g/mol. The van der Waals surface area contributed by atoms with Crippen molar-refractivity contribution >= 4 is 11.4 Å². The minimum Gasteiger partial charge on any atom is -0.285 e. The molecule has 16 heavy (non-hydrogen) atoms. The molecule has 0 unspecified atom stereocenters. The van der Waals surface area contributed by atoms with Crippen molar-refractivity contribution in [2.75, 3.05) is 28.2 Å². The van der Waals surface area contributed by atoms with Crippen LogP contribution in [0, 0.1) is 0 Å². The van der Waals surface area contributed by atoms with Gasteiger partial charge < -0.3 is 0 Å². The molecule has 6 heteroatoms. The molecule has 0 fully saturated rings. The van der Waals surface area contributed by atoms with Gasteiger partial charge in [0.15, 0.2) is 0 Å². The van der Waals surface area contributed by atoms with Crippen LogP contribution in [0.3, 0.4) is 0 Å². The van der Waals surface area contributed by atoms with Gasteiger partial charge in [0, 0.05) is 28.2 Å². The maximum atomic E-state index is 4.06. The summed E-state index contributed by atoms with van der Waals surface area (Å²) in [7, 11) is 7.25. The molecule has 0 spiro atoms. The van der Waals surface area contributed by atoms with Crippen molar-refractivity contribution in [2.24, 2.45) is 20.7 Å². The smallest absolute Gasteiger partial charge is 0.115 e. The largest absolute Gasteiger partial charge is 0.285 e. The molecule has 0 aliphatic carbocycles. The van der Waals surface area contributed by atoms with Gasteiger partial charge in [0.1, 0.15) is 11.4 Å². The quantitative estimate of drug-likeness (QED) is 0.578. The number of benzene rings is 1. The van der Waals surface area contributed by atoms with Crippen molar-refractivity contribution in [3.05, 3.63) is 24.3 Å². The summed E-state index contributed by atoms with van der Waals surface area (Å²) < 4.78 is 0. The third-order valence-electron chi connectivity index (χ3n) is 1.54. The second-order valence-electron chi connectivity index (χ2n) is 3.56. The summed E-state index contributed by atoms with van der Waals surface area (Å²) in [5.74, 6) is 0. The van der Waals surface area contributed by atoms with Crippen LogP contribution in [0.25, 0.3) is 0 Å². The van der Waals surface area contributed by atoms with E-state index >= 15 is 0 Å². The molecule has 1 rings (SSSR count). The highest BCUT2D eigenvalue weighted by molar-refractivity contribution is 5.60. The molecule has 0 radical (unpaired) electrons. The number of rotatable bonds is 4. The van der Waals surface area contributed by atoms with Crippen molar-refractivity contribution in [1.29, 1.82) is 0 Å². The lowest BCUT2D eigenvalue weighted by Gasteiger charge is -2.03. The molecule has 0 bridgehead atoms. The van der Waals surface area contributed by atoms with Gasteiger partial charge in [-0.25, -0.2) is 0 Å². The second-order valence-corrected chi connectivity index (χ2v) is 3.56. The third-order valence-corrected chi connectivity index (χ3v) is 1.54. The third kappa shape index (κ3) is 4.04. The standard InChI is InChI=1S/C10H16N6/c1-15(2)13-11-9-7-5-6-8-10(9)12-14-16(3)4/h5-8H,1-4H3/b13-11+,14-12+. The van der Waals surface area contributed by atoms with Crippen molar-refractivity contribution in [3.63, 3.8) is 0 Å². The topological polar surface area (TPSA) is 55.9 Å². The van der Waals surface area contributed by atoms with Crippen LogP contribution in [0.2, 0.25) is 0 Å². The summed E-state index contributed by atoms with van der Waals surface area (Å²) in [6.45, 7) is 0. The number of hydrogen-bond donors (Lipinski definition) is 0. The lowest BCUT2D eigenvalue weighted by atomic mass is 10.3. The monoisotopic (exact) mass is 220 g/mol. The molecule has 0 aliphatic rings. The maximum absolute atomic E-state index is 4.06. The highest BCUT2D eigenvalue weighted by Crippen LogP contribution is 2.27. The first kappa shape index (κ1) is 12.1. The Labute approximate surface area is 95.2 Å². The molecule has 0 saturated heterocycles. The van der Waals surface area contributed by atoms with E-state index in [0.29, 0.717) is 11.4 Å². The summed E-state index contributed by atoms with van der Waals surface area (Å²) >= 11 is 0. The predicted octanol–water partition coefficient (Wildman–Crippen LogP) is 2.81. The molecule has 0 amide bonds. The van der Waals surface area contributed by atoms with Crippen LogP contribution in [0.4, 0.5) is 11.4 Å². The Balaban J connectivity index is 2.92. The molecule has 0 aromatic heterocycles. The fourth-order valence-corrected chi connectivity index (χ4v) is 0.909. The Hall–Kier alpha value is -1.98. The Morgan fingerprint density at radius 2 is 1.12 bits per heavy atom. The van der Waals surface area contributed by atoms with E-state index in [2.05, 4.69) is 20.7 Å². The summed E-state index contributed by atoms with van der Waals surface area (Å²) in [5, 5.41) is 19.2.